The van der Waals surface area contributed by atoms with Gasteiger partial charge in [0.15, 0.2) is 0 Å². The Hall–Kier alpha value is -3.32. The summed E-state index contributed by atoms with van der Waals surface area (Å²) in [4.78, 5) is 42.8. The molecule has 1 fully saturated rings. The van der Waals surface area contributed by atoms with Crippen LogP contribution in [0.4, 0.5) is 0 Å². The number of imide groups is 1. The molecule has 0 saturated carbocycles. The highest BCUT2D eigenvalue weighted by atomic mass is 79.9. The number of amides is 3. The summed E-state index contributed by atoms with van der Waals surface area (Å²) >= 11 is 3.46. The summed E-state index contributed by atoms with van der Waals surface area (Å²) in [5, 5.41) is 3.53. The molecular weight excluding hydrogens is 470 g/mol. The van der Waals surface area contributed by atoms with Gasteiger partial charge in [0, 0.05) is 29.9 Å². The van der Waals surface area contributed by atoms with E-state index in [9.17, 15) is 14.4 Å². The van der Waals surface area contributed by atoms with Gasteiger partial charge in [-0.1, -0.05) is 51.8 Å². The van der Waals surface area contributed by atoms with Crippen LogP contribution >= 0.6 is 15.9 Å². The van der Waals surface area contributed by atoms with E-state index in [-0.39, 0.29) is 30.7 Å². The Morgan fingerprint density at radius 2 is 2.00 bits per heavy atom. The van der Waals surface area contributed by atoms with E-state index in [4.69, 9.17) is 0 Å². The van der Waals surface area contributed by atoms with Crippen LogP contribution in [0.3, 0.4) is 0 Å². The number of benzene rings is 2. The van der Waals surface area contributed by atoms with E-state index in [1.54, 1.807) is 6.07 Å². The molecule has 1 N–H and O–H groups in total. The van der Waals surface area contributed by atoms with Crippen LogP contribution in [0.15, 0.2) is 53.0 Å². The van der Waals surface area contributed by atoms with E-state index in [0.29, 0.717) is 22.2 Å². The van der Waals surface area contributed by atoms with Gasteiger partial charge in [0.1, 0.15) is 0 Å². The molecule has 1 aliphatic heterocycles. The van der Waals surface area contributed by atoms with Gasteiger partial charge in [-0.15, -0.1) is 0 Å². The van der Waals surface area contributed by atoms with Gasteiger partial charge in [-0.2, -0.15) is 0 Å². The number of halogens is 1. The van der Waals surface area contributed by atoms with Gasteiger partial charge < -0.3 is 5.32 Å². The zero-order chi connectivity index (χ0) is 22.8. The summed E-state index contributed by atoms with van der Waals surface area (Å²) in [6, 6.07) is 15.4. The molecule has 1 unspecified atom stereocenters. The van der Waals surface area contributed by atoms with Gasteiger partial charge in [-0.3, -0.25) is 19.3 Å². The van der Waals surface area contributed by atoms with Crippen LogP contribution in [0.5, 0.6) is 0 Å². The third kappa shape index (κ3) is 4.62. The molecule has 1 aromatic heterocycles. The normalized spacial score (nSPS) is 16.3. The molecular formula is C25H22BrN3O3. The monoisotopic (exact) mass is 491 g/mol. The number of fused-ring (bicyclic) bond motifs is 1. The van der Waals surface area contributed by atoms with E-state index >= 15 is 0 Å². The summed E-state index contributed by atoms with van der Waals surface area (Å²) in [7, 11) is 1.47. The molecule has 6 nitrogen and oxygen atoms in total. The lowest BCUT2D eigenvalue weighted by Crippen LogP contribution is -2.33. The van der Waals surface area contributed by atoms with Gasteiger partial charge >= 0.3 is 0 Å². The molecule has 2 heterocycles. The molecule has 32 heavy (non-hydrogen) atoms. The van der Waals surface area contributed by atoms with E-state index in [1.165, 1.54) is 7.05 Å². The second-order valence-electron chi connectivity index (χ2n) is 7.91. The predicted molar refractivity (Wildman–Crippen MR) is 128 cm³/mol. The SMILES string of the molecule is Cc1cccc(/C=C/c2cc(C(=O)NCC3CC(=O)N(C)C3=O)c3cc(Br)ccc3n2)c1. The molecule has 3 aromatic rings. The number of hydrogen-bond donors (Lipinski definition) is 1. The van der Waals surface area contributed by atoms with Crippen LogP contribution in [-0.2, 0) is 9.59 Å². The Kier molecular flexibility index (Phi) is 6.19. The van der Waals surface area contributed by atoms with Crippen molar-refractivity contribution in [3.8, 4) is 0 Å². The van der Waals surface area contributed by atoms with Crippen molar-refractivity contribution in [3.63, 3.8) is 0 Å². The zero-order valence-electron chi connectivity index (χ0n) is 17.8. The third-order valence-corrected chi connectivity index (χ3v) is 6.00. The number of aromatic nitrogens is 1. The number of carbonyl (C=O) groups excluding carboxylic acids is 3. The molecule has 1 aliphatic rings. The first-order valence-corrected chi connectivity index (χ1v) is 11.0. The first-order chi connectivity index (χ1) is 15.3. The fourth-order valence-corrected chi connectivity index (χ4v) is 4.11. The van der Waals surface area contributed by atoms with Crippen LogP contribution < -0.4 is 5.32 Å². The lowest BCUT2D eigenvalue weighted by molar-refractivity contribution is -0.137. The van der Waals surface area contributed by atoms with Crippen molar-refractivity contribution in [1.82, 2.24) is 15.2 Å². The summed E-state index contributed by atoms with van der Waals surface area (Å²) in [5.74, 6) is -1.33. The lowest BCUT2D eigenvalue weighted by Gasteiger charge is -2.12. The molecule has 0 radical (unpaired) electrons. The highest BCUT2D eigenvalue weighted by Crippen LogP contribution is 2.24. The molecule has 1 atom stereocenters. The number of nitrogens with one attached hydrogen (secondary N) is 1. The zero-order valence-corrected chi connectivity index (χ0v) is 19.3. The maximum absolute atomic E-state index is 13.1. The van der Waals surface area contributed by atoms with E-state index in [0.717, 1.165) is 20.5 Å². The maximum Gasteiger partial charge on any atom is 0.252 e. The quantitative estimate of drug-likeness (QED) is 0.542. The third-order valence-electron chi connectivity index (χ3n) is 5.51. The van der Waals surface area contributed by atoms with Crippen LogP contribution in [0, 0.1) is 12.8 Å². The fraction of sp³-hybridized carbons (Fsp3) is 0.200. The average molecular weight is 492 g/mol. The summed E-state index contributed by atoms with van der Waals surface area (Å²) in [6.45, 7) is 2.15. The van der Waals surface area contributed by atoms with Crippen LogP contribution in [0.2, 0.25) is 0 Å². The van der Waals surface area contributed by atoms with Crippen molar-refractivity contribution < 1.29 is 14.4 Å². The number of rotatable bonds is 5. The van der Waals surface area contributed by atoms with Crippen molar-refractivity contribution in [1.29, 1.82) is 0 Å². The molecule has 0 bridgehead atoms. The van der Waals surface area contributed by atoms with Crippen LogP contribution in [0.25, 0.3) is 23.1 Å². The molecule has 0 aliphatic carbocycles. The van der Waals surface area contributed by atoms with Crippen molar-refractivity contribution >= 4 is 56.7 Å². The van der Waals surface area contributed by atoms with Gasteiger partial charge in [-0.25, -0.2) is 4.98 Å². The van der Waals surface area contributed by atoms with Gasteiger partial charge in [0.05, 0.1) is 22.7 Å². The molecule has 3 amide bonds. The van der Waals surface area contributed by atoms with E-state index in [2.05, 4.69) is 32.3 Å². The molecule has 7 heteroatoms. The largest absolute Gasteiger partial charge is 0.351 e. The smallest absolute Gasteiger partial charge is 0.252 e. The van der Waals surface area contributed by atoms with Crippen molar-refractivity contribution in [3.05, 3.63) is 75.4 Å². The standard InChI is InChI=1S/C25H22BrN3O3/c1-15-4-3-5-16(10-15)6-8-19-13-21(20-12-18(26)7-9-22(20)28-19)24(31)27-14-17-11-23(30)29(2)25(17)32/h3-10,12-13,17H,11,14H2,1-2H3,(H,27,31)/b8-6+. The Morgan fingerprint density at radius 1 is 1.19 bits per heavy atom. The fourth-order valence-electron chi connectivity index (χ4n) is 3.75. The number of hydrogen-bond acceptors (Lipinski definition) is 4. The molecule has 162 valence electrons. The lowest BCUT2D eigenvalue weighted by atomic mass is 10.0. The number of pyridine rings is 1. The summed E-state index contributed by atoms with van der Waals surface area (Å²) in [6.07, 6.45) is 3.95. The number of carbonyl (C=O) groups is 3. The molecule has 0 spiro atoms. The molecule has 2 aromatic carbocycles. The maximum atomic E-state index is 13.1. The first-order valence-electron chi connectivity index (χ1n) is 10.3. The summed E-state index contributed by atoms with van der Waals surface area (Å²) < 4.78 is 0.835. The minimum absolute atomic E-state index is 0.111. The first kappa shape index (κ1) is 21.9. The Morgan fingerprint density at radius 3 is 2.72 bits per heavy atom. The number of likely N-dealkylation sites (tertiary alicyclic amines) is 1. The second-order valence-corrected chi connectivity index (χ2v) is 8.82. The Bertz CT molecular complexity index is 1270. The topological polar surface area (TPSA) is 79.4 Å². The van der Waals surface area contributed by atoms with E-state index in [1.807, 2.05) is 55.5 Å². The minimum atomic E-state index is -0.531. The summed E-state index contributed by atoms with van der Waals surface area (Å²) in [5.41, 5.74) is 4.01. The van der Waals surface area contributed by atoms with Crippen molar-refractivity contribution in [2.75, 3.05) is 13.6 Å². The minimum Gasteiger partial charge on any atom is -0.351 e. The van der Waals surface area contributed by atoms with E-state index < -0.39 is 5.92 Å². The van der Waals surface area contributed by atoms with Crippen molar-refractivity contribution in [2.45, 2.75) is 13.3 Å². The predicted octanol–water partition coefficient (Wildman–Crippen LogP) is 4.21. The van der Waals surface area contributed by atoms with Gasteiger partial charge in [0.25, 0.3) is 5.91 Å². The van der Waals surface area contributed by atoms with Gasteiger partial charge in [-0.05, 0) is 42.8 Å². The second kappa shape index (κ2) is 9.04. The number of aryl methyl sites for hydroxylation is 1. The van der Waals surface area contributed by atoms with Gasteiger partial charge in [0.2, 0.25) is 11.8 Å². The molecule has 1 saturated heterocycles. The Labute approximate surface area is 194 Å². The highest BCUT2D eigenvalue weighted by Gasteiger charge is 2.36. The number of nitrogens with zero attached hydrogens (tertiary/aromatic N) is 2. The Balaban J connectivity index is 1.63. The van der Waals surface area contributed by atoms with Crippen LogP contribution in [-0.4, -0.2) is 41.2 Å². The molecule has 4 rings (SSSR count). The van der Waals surface area contributed by atoms with Crippen LogP contribution in [0.1, 0.15) is 33.6 Å². The van der Waals surface area contributed by atoms with Crippen molar-refractivity contribution in [2.24, 2.45) is 5.92 Å². The highest BCUT2D eigenvalue weighted by molar-refractivity contribution is 9.10. The average Bonchev–Trinajstić information content (AvgIpc) is 3.02.